The number of allylic oxidation sites excluding steroid dienone is 2. The van der Waals surface area contributed by atoms with E-state index >= 15 is 0 Å². The first-order valence-electron chi connectivity index (χ1n) is 27.4. The van der Waals surface area contributed by atoms with Crippen LogP contribution >= 0.6 is 58.2 Å². The van der Waals surface area contributed by atoms with Gasteiger partial charge < -0.3 is 45.5 Å². The summed E-state index contributed by atoms with van der Waals surface area (Å²) in [4.78, 5) is 53.0. The largest absolute Gasteiger partial charge is 0.478 e. The van der Waals surface area contributed by atoms with Gasteiger partial charge in [-0.2, -0.15) is 20.2 Å². The Kier molecular flexibility index (Phi) is 19.2. The van der Waals surface area contributed by atoms with Crippen LogP contribution in [0.4, 0.5) is 10.5 Å². The Labute approximate surface area is 498 Å². The molecule has 0 unspecified atom stereocenters. The predicted molar refractivity (Wildman–Crippen MR) is 322 cm³/mol. The molecule has 0 aliphatic carbocycles. The molecular weight excluding hydrogens is 1160 g/mol. The summed E-state index contributed by atoms with van der Waals surface area (Å²) in [6.45, 7) is 19.5. The lowest BCUT2D eigenvalue weighted by molar-refractivity contribution is -0.122. The molecule has 5 heterocycles. The molecule has 17 nitrogen and oxygen atoms in total. The number of urea groups is 1. The molecule has 23 heteroatoms. The quantitative estimate of drug-likeness (QED) is 0.00910. The van der Waals surface area contributed by atoms with Gasteiger partial charge in [0.05, 0.1) is 80.5 Å². The van der Waals surface area contributed by atoms with Crippen LogP contribution in [0.2, 0.25) is 20.1 Å². The molecule has 0 aromatic heterocycles. The highest BCUT2D eigenvalue weighted by Gasteiger charge is 2.60. The number of unbranched alkanes of at least 4 members (excludes halogenated alkanes) is 2. The van der Waals surface area contributed by atoms with Gasteiger partial charge in [-0.25, -0.2) is 14.2 Å². The van der Waals surface area contributed by atoms with Crippen molar-refractivity contribution in [3.63, 3.8) is 0 Å². The highest BCUT2D eigenvalue weighted by atomic mass is 35.5. The van der Waals surface area contributed by atoms with E-state index in [1.807, 2.05) is 49.9 Å². The highest BCUT2D eigenvalue weighted by Crippen LogP contribution is 2.51. The number of carboxylic acid groups (broad SMARTS) is 1. The van der Waals surface area contributed by atoms with Crippen molar-refractivity contribution < 1.29 is 51.5 Å². The molecule has 81 heavy (non-hydrogen) atoms. The van der Waals surface area contributed by atoms with Gasteiger partial charge in [-0.05, 0) is 96.6 Å². The second kappa shape index (κ2) is 24.9. The molecule has 0 spiro atoms. The van der Waals surface area contributed by atoms with Crippen molar-refractivity contribution in [3.8, 4) is 11.5 Å². The number of nitrogens with zero attached hydrogens (tertiary/aromatic N) is 2. The fraction of sp³-hybridized carbons (Fsp3) is 0.534. The minimum Gasteiger partial charge on any atom is -0.478 e. The zero-order valence-electron chi connectivity index (χ0n) is 47.1. The minimum absolute atomic E-state index is 0.0169. The Balaban J connectivity index is 0.915. The summed E-state index contributed by atoms with van der Waals surface area (Å²) in [6.07, 6.45) is 8.77. The van der Waals surface area contributed by atoms with E-state index in [0.29, 0.717) is 105 Å². The van der Waals surface area contributed by atoms with E-state index in [9.17, 15) is 37.3 Å². The van der Waals surface area contributed by atoms with Crippen LogP contribution in [0.15, 0.2) is 36.4 Å². The number of fused-ring (bicyclic) bond motifs is 5. The molecule has 0 radical (unpaired) electrons. The molecule has 0 bridgehead atoms. The third-order valence-electron chi connectivity index (χ3n) is 16.2. The summed E-state index contributed by atoms with van der Waals surface area (Å²) in [5.74, 6) is -0.219. The fourth-order valence-electron chi connectivity index (χ4n) is 12.0. The predicted octanol–water partition coefficient (Wildman–Crippen LogP) is 9.26. The number of thioether (sulfide) groups is 1. The average Bonchev–Trinajstić information content (AvgIpc) is 2.09. The number of aromatic carboxylic acids is 1. The number of hydrogen-bond donors (Lipinski definition) is 6. The van der Waals surface area contributed by atoms with Crippen molar-refractivity contribution in [2.45, 2.75) is 134 Å². The van der Waals surface area contributed by atoms with Crippen molar-refractivity contribution in [3.05, 3.63) is 94.9 Å². The number of halogens is 4. The van der Waals surface area contributed by atoms with Gasteiger partial charge in [0, 0.05) is 109 Å². The second-order valence-electron chi connectivity index (χ2n) is 23.0. The van der Waals surface area contributed by atoms with Crippen LogP contribution in [0.3, 0.4) is 0 Å². The van der Waals surface area contributed by atoms with E-state index < -0.39 is 27.2 Å². The van der Waals surface area contributed by atoms with Gasteiger partial charge in [0.1, 0.15) is 18.0 Å². The van der Waals surface area contributed by atoms with Crippen LogP contribution in [-0.4, -0.2) is 133 Å². The lowest BCUT2D eigenvalue weighted by Gasteiger charge is -2.44. The Bertz CT molecular complexity index is 3350. The number of carbonyl (C=O) groups excluding carboxylic acids is 3. The van der Waals surface area contributed by atoms with Gasteiger partial charge in [-0.3, -0.25) is 14.1 Å². The standard InChI is InChI=1S/C58H72Cl4N6O11S2/c1-33-30-55(3,4)67(19-11-12-25-81(74,75)76)39-28-41-37(26-35(33)39)46(47-48(53(71)72)50(60)52(62)51(61)49(47)59)38-27-36-34(2)31-56(5,6)68(40(36)29-42(38)79-41)20-13-16-45(70)64-18-22-78-24-23-77-21-17-63-44(69)15-10-9-14-43-58(8)57(7,32-80-43)65-54(73)66-58/h26-31,43H,9-25,32H2,1-8H3,(H5-,63,64,65,66,69,70,71,72,73,74,75,76)/p+1/t43-,57-,58+/m0/s1. The monoisotopic (exact) mass is 1230 g/mol. The van der Waals surface area contributed by atoms with Crippen LogP contribution in [0, 0.1) is 0 Å². The number of rotatable bonds is 25. The summed E-state index contributed by atoms with van der Waals surface area (Å²) >= 11 is 29.0. The number of benzene rings is 3. The van der Waals surface area contributed by atoms with Crippen molar-refractivity contribution >= 4 is 115 Å². The minimum atomic E-state index is -4.15. The maximum atomic E-state index is 13.3. The zero-order valence-corrected chi connectivity index (χ0v) is 51.7. The van der Waals surface area contributed by atoms with Crippen LogP contribution in [-0.2, 0) is 29.2 Å². The van der Waals surface area contributed by atoms with Crippen molar-refractivity contribution in [2.75, 3.05) is 69.0 Å². The Hall–Kier alpha value is -4.57. The Morgan fingerprint density at radius 1 is 0.790 bits per heavy atom. The van der Waals surface area contributed by atoms with Gasteiger partial charge in [0.25, 0.3) is 10.1 Å². The molecule has 5 aliphatic rings. The summed E-state index contributed by atoms with van der Waals surface area (Å²) in [5, 5.41) is 23.8. The van der Waals surface area contributed by atoms with E-state index in [2.05, 4.69) is 84.4 Å². The molecule has 8 rings (SSSR count). The lowest BCUT2D eigenvalue weighted by atomic mass is 9.79. The normalized spacial score (nSPS) is 21.1. The van der Waals surface area contributed by atoms with Crippen LogP contribution in [0.1, 0.15) is 139 Å². The third-order valence-corrected chi connectivity index (χ3v) is 20.7. The summed E-state index contributed by atoms with van der Waals surface area (Å²) in [5.41, 5.74) is 3.46. The number of carbonyl (C=O) groups is 4. The maximum Gasteiger partial charge on any atom is 0.337 e. The van der Waals surface area contributed by atoms with E-state index in [4.69, 9.17) is 60.6 Å². The highest BCUT2D eigenvalue weighted by molar-refractivity contribution is 8.00. The van der Waals surface area contributed by atoms with E-state index in [-0.39, 0.29) is 78.7 Å². The number of nitrogens with one attached hydrogen (secondary N) is 4. The zero-order chi connectivity index (χ0) is 59.0. The van der Waals surface area contributed by atoms with Crippen molar-refractivity contribution in [2.24, 2.45) is 0 Å². The van der Waals surface area contributed by atoms with Crippen LogP contribution in [0.5, 0.6) is 11.5 Å². The Morgan fingerprint density at radius 2 is 1.43 bits per heavy atom. The van der Waals surface area contributed by atoms with Crippen molar-refractivity contribution in [1.29, 1.82) is 0 Å². The molecule has 3 atom stereocenters. The van der Waals surface area contributed by atoms with Gasteiger partial charge in [0.15, 0.2) is 5.54 Å². The lowest BCUT2D eigenvalue weighted by Crippen LogP contribution is -2.58. The van der Waals surface area contributed by atoms with E-state index in [0.717, 1.165) is 58.3 Å². The topological polar surface area (TPSA) is 225 Å². The van der Waals surface area contributed by atoms with E-state index in [1.54, 1.807) is 0 Å². The van der Waals surface area contributed by atoms with Gasteiger partial charge in [-0.15, -0.1) is 0 Å². The van der Waals surface area contributed by atoms with Gasteiger partial charge >= 0.3 is 12.0 Å². The molecule has 440 valence electrons. The average molecular weight is 1240 g/mol. The molecular formula is C58H73Cl4N6O11S2+. The first-order chi connectivity index (χ1) is 38.1. The molecule has 3 aromatic rings. The third kappa shape index (κ3) is 13.4. The first-order valence-corrected chi connectivity index (χ1v) is 31.6. The number of ether oxygens (including phenoxy) is 3. The molecule has 2 fully saturated rings. The fourth-order valence-corrected chi connectivity index (χ4v) is 15.5. The van der Waals surface area contributed by atoms with Crippen molar-refractivity contribution in [1.82, 2.24) is 25.8 Å². The first kappa shape index (κ1) is 62.5. The smallest absolute Gasteiger partial charge is 0.337 e. The van der Waals surface area contributed by atoms with Crippen LogP contribution in [0.25, 0.3) is 16.7 Å². The van der Waals surface area contributed by atoms with Crippen LogP contribution < -0.4 is 46.1 Å². The van der Waals surface area contributed by atoms with E-state index in [1.165, 1.54) is 0 Å². The second-order valence-corrected chi connectivity index (χ2v) is 27.2. The molecule has 2 saturated heterocycles. The SMILES string of the molecule is CC1=CC(C)(C)N(CCCCS(=O)(=O)O)c2cc3c(cc21)C(c1c(Cl)c(Cl)c(Cl)c(Cl)c1C(=O)O)=c1cc2c(cc1O3)=[N+](CCCC(=O)NCCOCCOCCNC(=O)CCCC[C@@H]1SC[C@]3(C)NC(=O)N[C@]13C)C(C)(C)C=C2C. The Morgan fingerprint density at radius 3 is 2.09 bits per heavy atom. The van der Waals surface area contributed by atoms with Gasteiger partial charge in [0.2, 0.25) is 17.2 Å². The number of amides is 4. The molecule has 4 amide bonds. The molecule has 0 saturated carbocycles. The molecule has 6 N–H and O–H groups in total. The van der Waals surface area contributed by atoms with Gasteiger partial charge in [-0.1, -0.05) is 58.9 Å². The number of anilines is 1. The number of hydrogen-bond acceptors (Lipinski definition) is 11. The summed E-state index contributed by atoms with van der Waals surface area (Å²) in [6, 6.07) is 7.63. The summed E-state index contributed by atoms with van der Waals surface area (Å²) < 4.78 is 53.2. The maximum absolute atomic E-state index is 13.3. The summed E-state index contributed by atoms with van der Waals surface area (Å²) in [7, 11) is -4.15. The molecule has 3 aromatic carbocycles. The number of carboxylic acids is 1. The molecule has 5 aliphatic heterocycles.